The Morgan fingerprint density at radius 1 is 1.04 bits per heavy atom. The van der Waals surface area contributed by atoms with E-state index in [-0.39, 0.29) is 0 Å². The summed E-state index contributed by atoms with van der Waals surface area (Å²) in [7, 11) is 0. The summed E-state index contributed by atoms with van der Waals surface area (Å²) < 4.78 is 0. The third-order valence-electron chi connectivity index (χ3n) is 4.71. The molecule has 0 amide bonds. The van der Waals surface area contributed by atoms with Gasteiger partial charge in [-0.25, -0.2) is 9.97 Å². The van der Waals surface area contributed by atoms with Gasteiger partial charge in [0.15, 0.2) is 5.65 Å². The molecule has 2 N–H and O–H groups in total. The van der Waals surface area contributed by atoms with E-state index in [9.17, 15) is 0 Å². The largest absolute Gasteiger partial charge is 0.384 e. The third kappa shape index (κ3) is 3.24. The van der Waals surface area contributed by atoms with Crippen LogP contribution in [0.4, 0.5) is 5.82 Å². The van der Waals surface area contributed by atoms with E-state index in [1.807, 2.05) is 12.1 Å². The molecule has 0 unspecified atom stereocenters. The lowest BCUT2D eigenvalue weighted by molar-refractivity contribution is 0.249. The van der Waals surface area contributed by atoms with Crippen LogP contribution >= 0.6 is 0 Å². The zero-order valence-corrected chi connectivity index (χ0v) is 13.8. The van der Waals surface area contributed by atoms with Crippen LogP contribution in [0.2, 0.25) is 0 Å². The second kappa shape index (κ2) is 6.57. The van der Waals surface area contributed by atoms with E-state index in [0.717, 1.165) is 43.5 Å². The van der Waals surface area contributed by atoms with Crippen LogP contribution in [0.1, 0.15) is 23.2 Å². The van der Waals surface area contributed by atoms with Gasteiger partial charge in [-0.3, -0.25) is 4.90 Å². The van der Waals surface area contributed by atoms with Crippen molar-refractivity contribution in [3.63, 3.8) is 0 Å². The highest BCUT2D eigenvalue weighted by Crippen LogP contribution is 2.22. The summed E-state index contributed by atoms with van der Waals surface area (Å²) in [5, 5.41) is 1.08. The van der Waals surface area contributed by atoms with Crippen molar-refractivity contribution >= 4 is 16.9 Å². The molecule has 0 aliphatic carbocycles. The molecule has 1 aliphatic heterocycles. The Labute approximate surface area is 142 Å². The smallest absolute Gasteiger partial charge is 0.161 e. The predicted octanol–water partition coefficient (Wildman–Crippen LogP) is 3.20. The van der Waals surface area contributed by atoms with Gasteiger partial charge < -0.3 is 5.73 Å². The van der Waals surface area contributed by atoms with Crippen molar-refractivity contribution in [3.8, 4) is 0 Å². The highest BCUT2D eigenvalue weighted by molar-refractivity contribution is 5.77. The standard InChI is InChI=1S/C20H22N4/c21-19-9-8-16-13-17-14-24(12-10-18(17)22-20(16)23-19)11-4-7-15-5-2-1-3-6-15/h1-3,5-6,8-9,13H,4,7,10-12,14H2,(H2,21,22,23). The number of hydrogen-bond donors (Lipinski definition) is 1. The van der Waals surface area contributed by atoms with Crippen molar-refractivity contribution in [1.82, 2.24) is 14.9 Å². The lowest BCUT2D eigenvalue weighted by Crippen LogP contribution is -2.32. The minimum absolute atomic E-state index is 0.535. The zero-order chi connectivity index (χ0) is 16.4. The molecule has 4 rings (SSSR count). The molecular weight excluding hydrogens is 296 g/mol. The van der Waals surface area contributed by atoms with Crippen molar-refractivity contribution in [3.05, 3.63) is 65.4 Å². The van der Waals surface area contributed by atoms with Gasteiger partial charge in [-0.05, 0) is 48.7 Å². The summed E-state index contributed by atoms with van der Waals surface area (Å²) >= 11 is 0. The minimum atomic E-state index is 0.535. The summed E-state index contributed by atoms with van der Waals surface area (Å²) in [6, 6.07) is 16.8. The Bertz CT molecular complexity index is 845. The molecule has 1 aromatic carbocycles. The number of nitrogens with zero attached hydrogens (tertiary/aromatic N) is 3. The van der Waals surface area contributed by atoms with Crippen molar-refractivity contribution in [2.45, 2.75) is 25.8 Å². The molecule has 0 spiro atoms. The molecule has 122 valence electrons. The molecule has 0 saturated heterocycles. The Hall–Kier alpha value is -2.46. The van der Waals surface area contributed by atoms with Crippen LogP contribution in [0.25, 0.3) is 11.0 Å². The van der Waals surface area contributed by atoms with Gasteiger partial charge in [0.05, 0.1) is 0 Å². The van der Waals surface area contributed by atoms with Crippen LogP contribution in [-0.2, 0) is 19.4 Å². The third-order valence-corrected chi connectivity index (χ3v) is 4.71. The molecule has 0 fully saturated rings. The highest BCUT2D eigenvalue weighted by Gasteiger charge is 2.18. The highest BCUT2D eigenvalue weighted by atomic mass is 15.1. The van der Waals surface area contributed by atoms with Gasteiger partial charge >= 0.3 is 0 Å². The second-order valence-corrected chi connectivity index (χ2v) is 6.49. The molecule has 3 heterocycles. The van der Waals surface area contributed by atoms with E-state index in [2.05, 4.69) is 46.3 Å². The first-order valence-corrected chi connectivity index (χ1v) is 8.59. The van der Waals surface area contributed by atoms with E-state index in [1.165, 1.54) is 23.2 Å². The second-order valence-electron chi connectivity index (χ2n) is 6.49. The average Bonchev–Trinajstić information content (AvgIpc) is 2.61. The van der Waals surface area contributed by atoms with Crippen LogP contribution in [0, 0.1) is 0 Å². The van der Waals surface area contributed by atoms with Gasteiger partial charge in [0.1, 0.15) is 5.82 Å². The van der Waals surface area contributed by atoms with E-state index < -0.39 is 0 Å². The van der Waals surface area contributed by atoms with Crippen molar-refractivity contribution < 1.29 is 0 Å². The van der Waals surface area contributed by atoms with E-state index >= 15 is 0 Å². The number of nitrogens with two attached hydrogens (primary N) is 1. The lowest BCUT2D eigenvalue weighted by Gasteiger charge is -2.28. The van der Waals surface area contributed by atoms with Crippen LogP contribution < -0.4 is 5.73 Å². The summed E-state index contributed by atoms with van der Waals surface area (Å²) in [6.07, 6.45) is 3.33. The maximum Gasteiger partial charge on any atom is 0.161 e. The summed E-state index contributed by atoms with van der Waals surface area (Å²) in [4.78, 5) is 11.6. The maximum atomic E-state index is 5.77. The van der Waals surface area contributed by atoms with Gasteiger partial charge in [0.2, 0.25) is 0 Å². The molecule has 0 bridgehead atoms. The lowest BCUT2D eigenvalue weighted by atomic mass is 10.0. The van der Waals surface area contributed by atoms with Crippen molar-refractivity contribution in [1.29, 1.82) is 0 Å². The Kier molecular flexibility index (Phi) is 4.13. The van der Waals surface area contributed by atoms with Gasteiger partial charge in [-0.2, -0.15) is 0 Å². The molecule has 24 heavy (non-hydrogen) atoms. The first-order valence-electron chi connectivity index (χ1n) is 8.59. The normalized spacial score (nSPS) is 14.7. The zero-order valence-electron chi connectivity index (χ0n) is 13.8. The number of aromatic nitrogens is 2. The first kappa shape index (κ1) is 15.1. The maximum absolute atomic E-state index is 5.77. The molecule has 0 saturated carbocycles. The first-order chi connectivity index (χ1) is 11.8. The Balaban J connectivity index is 1.42. The van der Waals surface area contributed by atoms with Crippen molar-refractivity contribution in [2.75, 3.05) is 18.8 Å². The van der Waals surface area contributed by atoms with E-state index in [0.29, 0.717) is 5.82 Å². The molecule has 1 aliphatic rings. The molecule has 2 aromatic heterocycles. The minimum Gasteiger partial charge on any atom is -0.384 e. The molecule has 3 aromatic rings. The number of nitrogen functional groups attached to an aromatic ring is 1. The molecule has 4 heteroatoms. The number of benzene rings is 1. The average molecular weight is 318 g/mol. The number of anilines is 1. The summed E-state index contributed by atoms with van der Waals surface area (Å²) in [5.74, 6) is 0.535. The summed E-state index contributed by atoms with van der Waals surface area (Å²) in [6.45, 7) is 3.19. The number of fused-ring (bicyclic) bond motifs is 2. The SMILES string of the molecule is Nc1ccc2cc3c(nc2n1)CCN(CCCc1ccccc1)C3. The van der Waals surface area contributed by atoms with Crippen LogP contribution in [-0.4, -0.2) is 28.0 Å². The Morgan fingerprint density at radius 3 is 2.79 bits per heavy atom. The van der Waals surface area contributed by atoms with Crippen LogP contribution in [0.3, 0.4) is 0 Å². The quantitative estimate of drug-likeness (QED) is 0.802. The predicted molar refractivity (Wildman–Crippen MR) is 97.7 cm³/mol. The molecular formula is C20H22N4. The van der Waals surface area contributed by atoms with Crippen LogP contribution in [0.5, 0.6) is 0 Å². The fourth-order valence-electron chi connectivity index (χ4n) is 3.43. The monoisotopic (exact) mass is 318 g/mol. The molecule has 0 radical (unpaired) electrons. The van der Waals surface area contributed by atoms with Gasteiger partial charge in [-0.1, -0.05) is 30.3 Å². The van der Waals surface area contributed by atoms with Crippen LogP contribution in [0.15, 0.2) is 48.5 Å². The van der Waals surface area contributed by atoms with Gasteiger partial charge in [-0.15, -0.1) is 0 Å². The van der Waals surface area contributed by atoms with Gasteiger partial charge in [0, 0.05) is 30.6 Å². The van der Waals surface area contributed by atoms with E-state index in [1.54, 1.807) is 0 Å². The molecule has 0 atom stereocenters. The summed E-state index contributed by atoms with van der Waals surface area (Å²) in [5.41, 5.74) is 10.5. The van der Waals surface area contributed by atoms with Gasteiger partial charge in [0.25, 0.3) is 0 Å². The van der Waals surface area contributed by atoms with Crippen molar-refractivity contribution in [2.24, 2.45) is 0 Å². The fraction of sp³-hybridized carbons (Fsp3) is 0.300. The Morgan fingerprint density at radius 2 is 1.92 bits per heavy atom. The topological polar surface area (TPSA) is 55.0 Å². The number of rotatable bonds is 4. The van der Waals surface area contributed by atoms with E-state index in [4.69, 9.17) is 10.7 Å². The number of pyridine rings is 2. The number of aryl methyl sites for hydroxylation is 1. The number of hydrogen-bond acceptors (Lipinski definition) is 4. The fourth-order valence-corrected chi connectivity index (χ4v) is 3.43. The molecule has 4 nitrogen and oxygen atoms in total.